The molecule has 4 nitrogen and oxygen atoms in total. The van der Waals surface area contributed by atoms with E-state index in [0.29, 0.717) is 5.56 Å². The molecule has 0 fully saturated rings. The van der Waals surface area contributed by atoms with E-state index in [9.17, 15) is 4.79 Å². The third-order valence-electron chi connectivity index (χ3n) is 3.63. The van der Waals surface area contributed by atoms with Gasteiger partial charge in [-0.1, -0.05) is 50.6 Å². The zero-order chi connectivity index (χ0) is 15.8. The summed E-state index contributed by atoms with van der Waals surface area (Å²) < 4.78 is 1.38. The normalized spacial score (nSPS) is 13.2. The van der Waals surface area contributed by atoms with E-state index in [1.807, 2.05) is 37.3 Å². The molecule has 0 aliphatic heterocycles. The van der Waals surface area contributed by atoms with Gasteiger partial charge in [0, 0.05) is 18.0 Å². The van der Waals surface area contributed by atoms with Crippen LogP contribution < -0.4 is 11.3 Å². The van der Waals surface area contributed by atoms with Crippen LogP contribution in [0.2, 0.25) is 0 Å². The van der Waals surface area contributed by atoms with Crippen molar-refractivity contribution in [2.24, 2.45) is 12.8 Å². The van der Waals surface area contributed by atoms with Gasteiger partial charge in [-0.3, -0.25) is 4.79 Å². The van der Waals surface area contributed by atoms with E-state index >= 15 is 0 Å². The maximum Gasteiger partial charge on any atom is 0.271 e. The fraction of sp³-hybridized carbons (Fsp3) is 0.412. The van der Waals surface area contributed by atoms with Gasteiger partial charge in [0.15, 0.2) is 0 Å². The smallest absolute Gasteiger partial charge is 0.271 e. The average Bonchev–Trinajstić information content (AvgIpc) is 2.40. The number of nitrogens with zero attached hydrogens (tertiary/aromatic N) is 2. The first-order valence-corrected chi connectivity index (χ1v) is 7.11. The second kappa shape index (κ2) is 5.45. The van der Waals surface area contributed by atoms with Crippen LogP contribution in [0.25, 0.3) is 0 Å². The van der Waals surface area contributed by atoms with Crippen LogP contribution in [0.1, 0.15) is 49.2 Å². The number of benzene rings is 1. The highest BCUT2D eigenvalue weighted by Crippen LogP contribution is 2.23. The van der Waals surface area contributed by atoms with Crippen molar-refractivity contribution in [2.75, 3.05) is 0 Å². The summed E-state index contributed by atoms with van der Waals surface area (Å²) >= 11 is 0. The van der Waals surface area contributed by atoms with Crippen LogP contribution in [0.15, 0.2) is 35.1 Å². The molecule has 21 heavy (non-hydrogen) atoms. The Labute approximate surface area is 125 Å². The fourth-order valence-corrected chi connectivity index (χ4v) is 2.17. The van der Waals surface area contributed by atoms with Crippen molar-refractivity contribution < 1.29 is 0 Å². The lowest BCUT2D eigenvalue weighted by atomic mass is 9.89. The number of hydrogen-bond donors (Lipinski definition) is 1. The van der Waals surface area contributed by atoms with Crippen molar-refractivity contribution in [3.05, 3.63) is 63.1 Å². The summed E-state index contributed by atoms with van der Waals surface area (Å²) in [6.45, 7) is 8.24. The molecule has 2 rings (SSSR count). The first kappa shape index (κ1) is 15.4. The lowest BCUT2D eigenvalue weighted by molar-refractivity contribution is 0.525. The van der Waals surface area contributed by atoms with Crippen LogP contribution in [0.4, 0.5) is 0 Å². The van der Waals surface area contributed by atoms with Gasteiger partial charge >= 0.3 is 0 Å². The van der Waals surface area contributed by atoms with Gasteiger partial charge in [-0.05, 0) is 18.6 Å². The summed E-state index contributed by atoms with van der Waals surface area (Å²) in [5.41, 5.74) is 9.58. The van der Waals surface area contributed by atoms with Gasteiger partial charge in [-0.25, -0.2) is 4.68 Å². The van der Waals surface area contributed by atoms with Gasteiger partial charge < -0.3 is 5.73 Å². The van der Waals surface area contributed by atoms with Gasteiger partial charge in [0.25, 0.3) is 5.56 Å². The Hall–Kier alpha value is -1.94. The third-order valence-corrected chi connectivity index (χ3v) is 3.63. The molecule has 1 aromatic carbocycles. The SMILES string of the molecule is Cc1ccc(C(N)c2cc(C(C)(C)C)nn(C)c2=O)cc1. The summed E-state index contributed by atoms with van der Waals surface area (Å²) in [7, 11) is 1.67. The molecular formula is C17H23N3O. The van der Waals surface area contributed by atoms with Crippen molar-refractivity contribution in [1.82, 2.24) is 9.78 Å². The molecule has 1 atom stereocenters. The zero-order valence-electron chi connectivity index (χ0n) is 13.3. The molecule has 0 aliphatic rings. The van der Waals surface area contributed by atoms with Crippen molar-refractivity contribution >= 4 is 0 Å². The molecule has 2 N–H and O–H groups in total. The van der Waals surface area contributed by atoms with Crippen molar-refractivity contribution in [2.45, 2.75) is 39.2 Å². The zero-order valence-corrected chi connectivity index (χ0v) is 13.3. The van der Waals surface area contributed by atoms with Crippen LogP contribution >= 0.6 is 0 Å². The molecule has 0 saturated carbocycles. The molecule has 0 spiro atoms. The Balaban J connectivity index is 2.55. The largest absolute Gasteiger partial charge is 0.320 e. The van der Waals surface area contributed by atoms with E-state index in [1.165, 1.54) is 10.2 Å². The molecule has 1 heterocycles. The fourth-order valence-electron chi connectivity index (χ4n) is 2.17. The second-order valence-corrected chi connectivity index (χ2v) is 6.55. The molecule has 0 amide bonds. The van der Waals surface area contributed by atoms with Gasteiger partial charge in [0.2, 0.25) is 0 Å². The standard InChI is InChI=1S/C17H23N3O/c1-11-6-8-12(9-7-11)15(18)13-10-14(17(2,3)4)19-20(5)16(13)21/h6-10,15H,18H2,1-5H3. The molecule has 4 heteroatoms. The summed E-state index contributed by atoms with van der Waals surface area (Å²) in [6.07, 6.45) is 0. The van der Waals surface area contributed by atoms with E-state index in [0.717, 1.165) is 11.3 Å². The number of aryl methyl sites for hydroxylation is 2. The molecule has 0 bridgehead atoms. The Morgan fingerprint density at radius 3 is 2.29 bits per heavy atom. The van der Waals surface area contributed by atoms with Crippen molar-refractivity contribution in [3.63, 3.8) is 0 Å². The molecule has 112 valence electrons. The summed E-state index contributed by atoms with van der Waals surface area (Å²) in [4.78, 5) is 12.4. The molecule has 2 aromatic rings. The molecule has 1 unspecified atom stereocenters. The molecule has 0 aliphatic carbocycles. The number of hydrogen-bond acceptors (Lipinski definition) is 3. The van der Waals surface area contributed by atoms with E-state index in [1.54, 1.807) is 7.05 Å². The van der Waals surface area contributed by atoms with Gasteiger partial charge in [-0.2, -0.15) is 5.10 Å². The summed E-state index contributed by atoms with van der Waals surface area (Å²) in [6, 6.07) is 9.35. The third kappa shape index (κ3) is 3.22. The molecule has 0 saturated heterocycles. The van der Waals surface area contributed by atoms with Gasteiger partial charge in [0.05, 0.1) is 11.7 Å². The Kier molecular flexibility index (Phi) is 4.01. The van der Waals surface area contributed by atoms with E-state index in [-0.39, 0.29) is 11.0 Å². The maximum absolute atomic E-state index is 12.4. The average molecular weight is 285 g/mol. The summed E-state index contributed by atoms with van der Waals surface area (Å²) in [5, 5.41) is 4.34. The Bertz CT molecular complexity index is 693. The number of rotatable bonds is 2. The predicted octanol–water partition coefficient (Wildman–Crippen LogP) is 2.43. The van der Waals surface area contributed by atoms with E-state index < -0.39 is 6.04 Å². The van der Waals surface area contributed by atoms with Crippen molar-refractivity contribution in [1.29, 1.82) is 0 Å². The first-order valence-electron chi connectivity index (χ1n) is 7.11. The molecular weight excluding hydrogens is 262 g/mol. The second-order valence-electron chi connectivity index (χ2n) is 6.55. The minimum atomic E-state index is -0.437. The topological polar surface area (TPSA) is 60.9 Å². The quantitative estimate of drug-likeness (QED) is 0.922. The molecule has 1 aromatic heterocycles. The van der Waals surface area contributed by atoms with Crippen LogP contribution in [-0.2, 0) is 12.5 Å². The van der Waals surface area contributed by atoms with E-state index in [4.69, 9.17) is 5.73 Å². The highest BCUT2D eigenvalue weighted by Gasteiger charge is 2.21. The Morgan fingerprint density at radius 2 is 1.76 bits per heavy atom. The number of aromatic nitrogens is 2. The highest BCUT2D eigenvalue weighted by atomic mass is 16.1. The minimum absolute atomic E-state index is 0.132. The summed E-state index contributed by atoms with van der Waals surface area (Å²) in [5.74, 6) is 0. The maximum atomic E-state index is 12.4. The lowest BCUT2D eigenvalue weighted by Gasteiger charge is -2.21. The monoisotopic (exact) mass is 285 g/mol. The van der Waals surface area contributed by atoms with Gasteiger partial charge in [-0.15, -0.1) is 0 Å². The number of nitrogens with two attached hydrogens (primary N) is 1. The van der Waals surface area contributed by atoms with Crippen molar-refractivity contribution in [3.8, 4) is 0 Å². The first-order chi connectivity index (χ1) is 9.70. The minimum Gasteiger partial charge on any atom is -0.320 e. The van der Waals surface area contributed by atoms with Gasteiger partial charge in [0.1, 0.15) is 0 Å². The molecule has 0 radical (unpaired) electrons. The van der Waals surface area contributed by atoms with Crippen LogP contribution in [0.3, 0.4) is 0 Å². The lowest BCUT2D eigenvalue weighted by Crippen LogP contribution is -2.32. The predicted molar refractivity (Wildman–Crippen MR) is 85.4 cm³/mol. The van der Waals surface area contributed by atoms with Crippen LogP contribution in [-0.4, -0.2) is 9.78 Å². The highest BCUT2D eigenvalue weighted by molar-refractivity contribution is 5.33. The Morgan fingerprint density at radius 1 is 1.19 bits per heavy atom. The van der Waals surface area contributed by atoms with Crippen LogP contribution in [0.5, 0.6) is 0 Å². The van der Waals surface area contributed by atoms with Crippen LogP contribution in [0, 0.1) is 6.92 Å². The van der Waals surface area contributed by atoms with E-state index in [2.05, 4.69) is 25.9 Å².